The third-order valence-corrected chi connectivity index (χ3v) is 4.06. The van der Waals surface area contributed by atoms with E-state index in [0.29, 0.717) is 12.0 Å². The number of nitrogens with zero attached hydrogens (tertiary/aromatic N) is 5. The largest absolute Gasteiger partial charge is 0.369 e. The Morgan fingerprint density at radius 3 is 2.96 bits per heavy atom. The van der Waals surface area contributed by atoms with Crippen molar-refractivity contribution in [1.82, 2.24) is 20.1 Å². The Kier molecular flexibility index (Phi) is 4.71. The molecule has 0 spiro atoms. The molecule has 1 aliphatic rings. The average Bonchev–Trinajstić information content (AvgIpc) is 2.87. The topological polar surface area (TPSA) is 57.2 Å². The van der Waals surface area contributed by atoms with E-state index in [1.54, 1.807) is 6.20 Å². The Morgan fingerprint density at radius 1 is 1.30 bits per heavy atom. The van der Waals surface area contributed by atoms with E-state index in [4.69, 9.17) is 0 Å². The Morgan fingerprint density at radius 2 is 2.13 bits per heavy atom. The Bertz CT molecular complexity index is 657. The van der Waals surface area contributed by atoms with Crippen LogP contribution in [0, 0.1) is 0 Å². The van der Waals surface area contributed by atoms with Gasteiger partial charge in [-0.05, 0) is 52.0 Å². The lowest BCUT2D eigenvalue weighted by atomic mass is 10.1. The van der Waals surface area contributed by atoms with Gasteiger partial charge in [0.2, 0.25) is 0 Å². The molecule has 0 saturated carbocycles. The Balaban J connectivity index is 1.72. The molecule has 6 nitrogen and oxygen atoms in total. The second kappa shape index (κ2) is 6.91. The highest BCUT2D eigenvalue weighted by atomic mass is 15.4. The summed E-state index contributed by atoms with van der Waals surface area (Å²) in [5.74, 6) is 1.45. The van der Waals surface area contributed by atoms with Crippen LogP contribution in [0.4, 0.5) is 17.5 Å². The van der Waals surface area contributed by atoms with E-state index >= 15 is 0 Å². The number of hydrogen-bond acceptors (Lipinski definition) is 6. The number of aromatic nitrogens is 3. The van der Waals surface area contributed by atoms with E-state index in [1.165, 1.54) is 11.3 Å². The summed E-state index contributed by atoms with van der Waals surface area (Å²) in [5, 5.41) is 11.7. The lowest BCUT2D eigenvalue weighted by molar-refractivity contribution is 0.405. The van der Waals surface area contributed by atoms with E-state index in [-0.39, 0.29) is 0 Å². The fourth-order valence-corrected chi connectivity index (χ4v) is 2.96. The van der Waals surface area contributed by atoms with Gasteiger partial charge in [-0.2, -0.15) is 10.1 Å². The number of anilines is 3. The molecule has 1 unspecified atom stereocenters. The van der Waals surface area contributed by atoms with Gasteiger partial charge in [0.05, 0.1) is 6.20 Å². The minimum Gasteiger partial charge on any atom is -0.369 e. The van der Waals surface area contributed by atoms with Crippen LogP contribution in [0.2, 0.25) is 0 Å². The summed E-state index contributed by atoms with van der Waals surface area (Å²) in [6.07, 6.45) is 3.76. The van der Waals surface area contributed by atoms with E-state index in [2.05, 4.69) is 75.6 Å². The molecule has 1 aromatic heterocycles. The van der Waals surface area contributed by atoms with Crippen LogP contribution in [0.5, 0.6) is 0 Å². The van der Waals surface area contributed by atoms with Crippen molar-refractivity contribution in [3.05, 3.63) is 36.0 Å². The van der Waals surface area contributed by atoms with Gasteiger partial charge in [0.1, 0.15) is 0 Å². The smallest absolute Gasteiger partial charge is 0.252 e. The highest BCUT2D eigenvalue weighted by Crippen LogP contribution is 2.36. The Labute approximate surface area is 137 Å². The first-order valence-electron chi connectivity index (χ1n) is 8.10. The zero-order valence-electron chi connectivity index (χ0n) is 14.0. The van der Waals surface area contributed by atoms with Crippen LogP contribution in [0.25, 0.3) is 0 Å². The molecule has 0 fully saturated rings. The molecule has 0 amide bonds. The molecule has 0 aliphatic carbocycles. The molecule has 0 radical (unpaired) electrons. The van der Waals surface area contributed by atoms with E-state index in [1.807, 2.05) is 0 Å². The van der Waals surface area contributed by atoms with Crippen molar-refractivity contribution < 1.29 is 0 Å². The molecule has 6 heteroatoms. The molecule has 1 aliphatic heterocycles. The molecule has 2 heterocycles. The second-order valence-electron chi connectivity index (χ2n) is 6.28. The number of benzene rings is 1. The molecule has 1 atom stereocenters. The second-order valence-corrected chi connectivity index (χ2v) is 6.28. The van der Waals surface area contributed by atoms with Gasteiger partial charge in [-0.15, -0.1) is 5.10 Å². The molecular weight excluding hydrogens is 288 g/mol. The van der Waals surface area contributed by atoms with Crippen molar-refractivity contribution in [2.24, 2.45) is 0 Å². The van der Waals surface area contributed by atoms with Crippen molar-refractivity contribution in [1.29, 1.82) is 0 Å². The molecule has 122 valence electrons. The minimum atomic E-state index is 0.346. The maximum absolute atomic E-state index is 4.65. The van der Waals surface area contributed by atoms with Gasteiger partial charge in [0.15, 0.2) is 5.82 Å². The molecule has 1 aromatic carbocycles. The minimum absolute atomic E-state index is 0.346. The van der Waals surface area contributed by atoms with E-state index in [9.17, 15) is 0 Å². The predicted octanol–water partition coefficient (Wildman–Crippen LogP) is 2.32. The van der Waals surface area contributed by atoms with Gasteiger partial charge in [-0.3, -0.25) is 0 Å². The van der Waals surface area contributed by atoms with Crippen LogP contribution < -0.4 is 10.2 Å². The summed E-state index contributed by atoms with van der Waals surface area (Å²) >= 11 is 0. The predicted molar refractivity (Wildman–Crippen MR) is 93.2 cm³/mol. The summed E-state index contributed by atoms with van der Waals surface area (Å²) < 4.78 is 0. The van der Waals surface area contributed by atoms with Crippen molar-refractivity contribution in [3.63, 3.8) is 0 Å². The maximum Gasteiger partial charge on any atom is 0.252 e. The fourth-order valence-electron chi connectivity index (χ4n) is 2.96. The summed E-state index contributed by atoms with van der Waals surface area (Å²) in [6, 6.07) is 8.78. The third-order valence-electron chi connectivity index (χ3n) is 4.06. The maximum atomic E-state index is 4.65. The molecule has 23 heavy (non-hydrogen) atoms. The summed E-state index contributed by atoms with van der Waals surface area (Å²) in [5.41, 5.74) is 2.53. The van der Waals surface area contributed by atoms with Crippen LogP contribution in [0.3, 0.4) is 0 Å². The van der Waals surface area contributed by atoms with Gasteiger partial charge < -0.3 is 15.1 Å². The number of fused-ring (bicyclic) bond motifs is 1. The summed E-state index contributed by atoms with van der Waals surface area (Å²) in [7, 11) is 4.16. The lowest BCUT2D eigenvalue weighted by Gasteiger charge is -2.22. The van der Waals surface area contributed by atoms with Gasteiger partial charge >= 0.3 is 0 Å². The van der Waals surface area contributed by atoms with Crippen LogP contribution in [-0.4, -0.2) is 53.3 Å². The highest BCUT2D eigenvalue weighted by molar-refractivity contribution is 5.67. The molecule has 3 rings (SSSR count). The van der Waals surface area contributed by atoms with Gasteiger partial charge in [-0.25, -0.2) is 0 Å². The molecule has 2 aromatic rings. The van der Waals surface area contributed by atoms with Gasteiger partial charge in [-0.1, -0.05) is 18.2 Å². The zero-order chi connectivity index (χ0) is 16.2. The SMILES string of the molecule is CC1Cc2ccccc2N1c1nncc(NCCCN(C)C)n1. The van der Waals surface area contributed by atoms with Crippen LogP contribution in [-0.2, 0) is 6.42 Å². The molecule has 0 saturated heterocycles. The van der Waals surface area contributed by atoms with Crippen LogP contribution in [0.1, 0.15) is 18.9 Å². The first kappa shape index (κ1) is 15.7. The quantitative estimate of drug-likeness (QED) is 0.826. The number of hydrogen-bond donors (Lipinski definition) is 1. The molecular formula is C17H24N6. The molecule has 1 N–H and O–H groups in total. The highest BCUT2D eigenvalue weighted by Gasteiger charge is 2.28. The van der Waals surface area contributed by atoms with Crippen LogP contribution >= 0.6 is 0 Å². The van der Waals surface area contributed by atoms with E-state index < -0.39 is 0 Å². The summed E-state index contributed by atoms with van der Waals surface area (Å²) in [6.45, 7) is 4.12. The van der Waals surface area contributed by atoms with Crippen molar-refractivity contribution in [2.75, 3.05) is 37.4 Å². The normalized spacial score (nSPS) is 16.7. The summed E-state index contributed by atoms with van der Waals surface area (Å²) in [4.78, 5) is 9.00. The number of rotatable bonds is 6. The third kappa shape index (κ3) is 3.59. The zero-order valence-corrected chi connectivity index (χ0v) is 14.0. The van der Waals surface area contributed by atoms with Crippen molar-refractivity contribution in [3.8, 4) is 0 Å². The average molecular weight is 312 g/mol. The van der Waals surface area contributed by atoms with Gasteiger partial charge in [0, 0.05) is 18.3 Å². The number of para-hydroxylation sites is 1. The monoisotopic (exact) mass is 312 g/mol. The van der Waals surface area contributed by atoms with E-state index in [0.717, 1.165) is 31.7 Å². The molecule has 0 bridgehead atoms. The van der Waals surface area contributed by atoms with Crippen LogP contribution in [0.15, 0.2) is 30.5 Å². The van der Waals surface area contributed by atoms with Crippen molar-refractivity contribution in [2.45, 2.75) is 25.8 Å². The fraction of sp³-hybridized carbons (Fsp3) is 0.471. The Hall–Kier alpha value is -2.21. The standard InChI is InChI=1S/C17H24N6/c1-13-11-14-7-4-5-8-15(14)23(13)17-20-16(12-19-21-17)18-9-6-10-22(2)3/h4-5,7-8,12-13H,6,9-11H2,1-3H3,(H,18,20,21). The first-order valence-corrected chi connectivity index (χ1v) is 8.10. The number of nitrogens with one attached hydrogen (secondary N) is 1. The first-order chi connectivity index (χ1) is 11.1. The lowest BCUT2D eigenvalue weighted by Crippen LogP contribution is -2.26. The van der Waals surface area contributed by atoms with Gasteiger partial charge in [0.25, 0.3) is 5.95 Å². The van der Waals surface area contributed by atoms with Crippen molar-refractivity contribution >= 4 is 17.5 Å².